The Morgan fingerprint density at radius 2 is 1.28 bits per heavy atom. The first kappa shape index (κ1) is 18.8. The summed E-state index contributed by atoms with van der Waals surface area (Å²) < 4.78 is 4.56. The number of hydrogen-bond acceptors (Lipinski definition) is 2. The van der Waals surface area contributed by atoms with Crippen molar-refractivity contribution in [1.82, 2.24) is 0 Å². The summed E-state index contributed by atoms with van der Waals surface area (Å²) >= 11 is 0. The third kappa shape index (κ3) is 29.3. The predicted octanol–water partition coefficient (Wildman–Crippen LogP) is 4.47. The maximum Gasteiger partial charge on any atom is 0.302 e. The van der Waals surface area contributed by atoms with Gasteiger partial charge in [-0.05, 0) is 18.4 Å². The number of benzene rings is 1. The lowest BCUT2D eigenvalue weighted by Gasteiger charge is -1.97. The van der Waals surface area contributed by atoms with Gasteiger partial charge < -0.3 is 4.74 Å². The number of hydrogen-bond donors (Lipinski definition) is 0. The Bertz CT molecular complexity index is 259. The van der Waals surface area contributed by atoms with Crippen LogP contribution in [0.1, 0.15) is 34.6 Å². The molecule has 1 rings (SSSR count). The smallest absolute Gasteiger partial charge is 0.302 e. The van der Waals surface area contributed by atoms with Crippen molar-refractivity contribution < 1.29 is 9.53 Å². The molecule has 2 nitrogen and oxygen atoms in total. The molecule has 0 amide bonds. The number of esters is 1. The monoisotopic (exact) mass is 250 g/mol. The minimum atomic E-state index is -0.256. The Labute approximate surface area is 112 Å². The summed E-state index contributed by atoms with van der Waals surface area (Å²) in [5.41, 5.74) is 0.861. The first-order chi connectivity index (χ1) is 8.36. The van der Waals surface area contributed by atoms with Gasteiger partial charge >= 0.3 is 5.97 Å². The van der Waals surface area contributed by atoms with Gasteiger partial charge in [-0.2, -0.15) is 0 Å². The van der Waals surface area contributed by atoms with Crippen molar-refractivity contribution >= 4 is 5.97 Å². The normalized spacial score (nSPS) is 8.33. The average Bonchev–Trinajstić information content (AvgIpc) is 2.29. The van der Waals surface area contributed by atoms with Crippen LogP contribution < -0.4 is 0 Å². The molecule has 1 aromatic carbocycles. The van der Waals surface area contributed by atoms with E-state index in [1.54, 1.807) is 0 Å². The fourth-order valence-electron chi connectivity index (χ4n) is 0.610. The van der Waals surface area contributed by atoms with Crippen LogP contribution in [0.2, 0.25) is 0 Å². The highest BCUT2D eigenvalue weighted by Gasteiger charge is 1.89. The van der Waals surface area contributed by atoms with Gasteiger partial charge in [-0.1, -0.05) is 63.7 Å². The lowest BCUT2D eigenvalue weighted by Crippen LogP contribution is -1.99. The molecule has 0 bridgehead atoms. The second-order valence-corrected chi connectivity index (χ2v) is 4.62. The van der Waals surface area contributed by atoms with Crippen LogP contribution >= 0.6 is 0 Å². The second kappa shape index (κ2) is 13.5. The Hall–Kier alpha value is -1.57. The van der Waals surface area contributed by atoms with Crippen molar-refractivity contribution in [2.45, 2.75) is 34.6 Å². The average molecular weight is 250 g/mol. The van der Waals surface area contributed by atoms with E-state index in [-0.39, 0.29) is 5.97 Å². The van der Waals surface area contributed by atoms with Crippen LogP contribution in [0.5, 0.6) is 0 Å². The summed E-state index contributed by atoms with van der Waals surface area (Å²) in [6.07, 6.45) is 0. The maximum atomic E-state index is 10.1. The van der Waals surface area contributed by atoms with Gasteiger partial charge in [-0.3, -0.25) is 4.79 Å². The molecule has 0 radical (unpaired) electrons. The van der Waals surface area contributed by atoms with E-state index in [4.69, 9.17) is 0 Å². The molecule has 2 heteroatoms. The van der Waals surface area contributed by atoms with Crippen molar-refractivity contribution in [2.24, 2.45) is 5.92 Å². The van der Waals surface area contributed by atoms with Gasteiger partial charge in [-0.15, -0.1) is 0 Å². The molecule has 0 aromatic heterocycles. The molecule has 0 spiro atoms. The molecule has 0 N–H and O–H groups in total. The van der Waals surface area contributed by atoms with Gasteiger partial charge in [0.15, 0.2) is 0 Å². The molecule has 1 aromatic rings. The number of rotatable bonds is 2. The quantitative estimate of drug-likeness (QED) is 0.571. The number of carbonyl (C=O) groups is 1. The molecule has 0 aliphatic heterocycles. The van der Waals surface area contributed by atoms with E-state index < -0.39 is 0 Å². The van der Waals surface area contributed by atoms with Crippen LogP contribution in [0, 0.1) is 5.92 Å². The van der Waals surface area contributed by atoms with E-state index in [1.165, 1.54) is 6.92 Å². The largest absolute Gasteiger partial charge is 0.461 e. The summed E-state index contributed by atoms with van der Waals surface area (Å²) in [5, 5.41) is 0. The first-order valence-electron chi connectivity index (χ1n) is 6.14. The van der Waals surface area contributed by atoms with Crippen molar-refractivity contribution in [1.29, 1.82) is 0 Å². The molecular weight excluding hydrogens is 224 g/mol. The van der Waals surface area contributed by atoms with Gasteiger partial charge in [-0.25, -0.2) is 0 Å². The molecule has 0 fully saturated rings. The van der Waals surface area contributed by atoms with Gasteiger partial charge in [0.05, 0.1) is 0 Å². The molecule has 0 saturated heterocycles. The third-order valence-corrected chi connectivity index (χ3v) is 1.19. The zero-order valence-corrected chi connectivity index (χ0v) is 12.3. The molecule has 0 unspecified atom stereocenters. The highest BCUT2D eigenvalue weighted by molar-refractivity contribution is 5.66. The van der Waals surface area contributed by atoms with Crippen LogP contribution in [-0.2, 0) is 9.53 Å². The fourth-order valence-corrected chi connectivity index (χ4v) is 0.610. The van der Waals surface area contributed by atoms with Crippen LogP contribution in [0.15, 0.2) is 48.6 Å². The van der Waals surface area contributed by atoms with Crippen molar-refractivity contribution in [3.05, 3.63) is 48.6 Å². The van der Waals surface area contributed by atoms with Gasteiger partial charge in [0.1, 0.15) is 6.61 Å². The summed E-state index contributed by atoms with van der Waals surface area (Å²) in [6, 6.07) is 12.0. The van der Waals surface area contributed by atoms with Gasteiger partial charge in [0, 0.05) is 6.92 Å². The Morgan fingerprint density at radius 3 is 1.39 bits per heavy atom. The Balaban J connectivity index is 0. The lowest BCUT2D eigenvalue weighted by molar-refractivity contribution is -0.139. The van der Waals surface area contributed by atoms with E-state index in [1.807, 2.05) is 43.3 Å². The molecule has 102 valence electrons. The minimum absolute atomic E-state index is 0.256. The van der Waals surface area contributed by atoms with Crippen molar-refractivity contribution in [3.63, 3.8) is 0 Å². The lowest BCUT2D eigenvalue weighted by atomic mass is 10.3. The standard InChI is InChI=1S/C6H10O2.C6H6.C4H10/c1-5(2)4-8-6(3)7;1-2-4-6-5-3-1;1-4(2)3/h1,4H2,2-3H3;1-6H;4H,1-3H3. The molecule has 0 aliphatic rings. The van der Waals surface area contributed by atoms with Gasteiger partial charge in [0.25, 0.3) is 0 Å². The Kier molecular flexibility index (Phi) is 14.1. The van der Waals surface area contributed by atoms with E-state index in [0.717, 1.165) is 11.5 Å². The van der Waals surface area contributed by atoms with Crippen LogP contribution in [0.3, 0.4) is 0 Å². The van der Waals surface area contributed by atoms with Crippen molar-refractivity contribution in [3.8, 4) is 0 Å². The first-order valence-corrected chi connectivity index (χ1v) is 6.14. The van der Waals surface area contributed by atoms with Gasteiger partial charge in [0.2, 0.25) is 0 Å². The van der Waals surface area contributed by atoms with E-state index in [9.17, 15) is 4.79 Å². The highest BCUT2D eigenvalue weighted by atomic mass is 16.5. The van der Waals surface area contributed by atoms with Crippen LogP contribution in [0.4, 0.5) is 0 Å². The van der Waals surface area contributed by atoms with Crippen LogP contribution in [-0.4, -0.2) is 12.6 Å². The van der Waals surface area contributed by atoms with E-state index >= 15 is 0 Å². The summed E-state index contributed by atoms with van der Waals surface area (Å²) in [4.78, 5) is 10.1. The Morgan fingerprint density at radius 1 is 1.00 bits per heavy atom. The second-order valence-electron chi connectivity index (χ2n) is 4.62. The topological polar surface area (TPSA) is 26.3 Å². The fraction of sp³-hybridized carbons (Fsp3) is 0.438. The summed E-state index contributed by atoms with van der Waals surface area (Å²) in [6.45, 7) is 13.6. The molecule has 0 aliphatic carbocycles. The molecule has 0 saturated carbocycles. The summed E-state index contributed by atoms with van der Waals surface area (Å²) in [7, 11) is 0. The molecule has 0 atom stereocenters. The van der Waals surface area contributed by atoms with Crippen LogP contribution in [0.25, 0.3) is 0 Å². The zero-order valence-electron chi connectivity index (χ0n) is 12.3. The zero-order chi connectivity index (χ0) is 14.4. The maximum absolute atomic E-state index is 10.1. The van der Waals surface area contributed by atoms with E-state index in [0.29, 0.717) is 6.61 Å². The minimum Gasteiger partial charge on any atom is -0.461 e. The number of ether oxygens (including phenoxy) is 1. The number of carbonyl (C=O) groups excluding carboxylic acids is 1. The molecule has 18 heavy (non-hydrogen) atoms. The molecule has 0 heterocycles. The molecular formula is C16H26O2. The SMILES string of the molecule is C=C(C)COC(C)=O.CC(C)C.c1ccccc1. The highest BCUT2D eigenvalue weighted by Crippen LogP contribution is 1.87. The van der Waals surface area contributed by atoms with E-state index in [2.05, 4.69) is 32.1 Å². The summed E-state index contributed by atoms with van der Waals surface area (Å²) in [5.74, 6) is 0.577. The predicted molar refractivity (Wildman–Crippen MR) is 78.4 cm³/mol. The van der Waals surface area contributed by atoms with Crippen molar-refractivity contribution in [2.75, 3.05) is 6.61 Å². The third-order valence-electron chi connectivity index (χ3n) is 1.19.